The molecule has 0 saturated heterocycles. The lowest BCUT2D eigenvalue weighted by molar-refractivity contribution is -0.149. The van der Waals surface area contributed by atoms with Gasteiger partial charge in [-0.1, -0.05) is 170 Å². The number of carbonyl (C=O) groups excluding carboxylic acids is 1. The summed E-state index contributed by atoms with van der Waals surface area (Å²) < 4.78 is 5.99. The summed E-state index contributed by atoms with van der Waals surface area (Å²) in [5.41, 5.74) is 0. The van der Waals surface area contributed by atoms with Crippen LogP contribution in [-0.4, -0.2) is 23.1 Å². The fraction of sp³-hybridized carbons (Fsp3) is 0.682. The van der Waals surface area contributed by atoms with Crippen LogP contribution >= 0.6 is 0 Å². The second kappa shape index (κ2) is 38.8. The van der Waals surface area contributed by atoms with Gasteiger partial charge in [-0.2, -0.15) is 0 Å². The highest BCUT2D eigenvalue weighted by Crippen LogP contribution is 2.18. The quantitative estimate of drug-likeness (QED) is 0.0415. The topological polar surface area (TPSA) is 63.6 Å². The van der Waals surface area contributed by atoms with Crippen LogP contribution in [0.25, 0.3) is 0 Å². The zero-order valence-corrected chi connectivity index (χ0v) is 31.3. The van der Waals surface area contributed by atoms with Gasteiger partial charge in [-0.25, -0.2) is 0 Å². The van der Waals surface area contributed by atoms with Crippen molar-refractivity contribution in [1.82, 2.24) is 0 Å². The molecule has 0 fully saturated rings. The third-order valence-corrected chi connectivity index (χ3v) is 8.46. The Morgan fingerprint density at radius 2 is 0.854 bits per heavy atom. The Bertz CT molecular complexity index is 892. The smallest absolute Gasteiger partial charge is 0.306 e. The van der Waals surface area contributed by atoms with Gasteiger partial charge in [-0.05, 0) is 77.0 Å². The lowest BCUT2D eigenvalue weighted by Crippen LogP contribution is -2.18. The van der Waals surface area contributed by atoms with Crippen LogP contribution in [-0.2, 0) is 14.3 Å². The molecule has 0 amide bonds. The van der Waals surface area contributed by atoms with Crippen molar-refractivity contribution < 1.29 is 19.4 Å². The minimum absolute atomic E-state index is 0.0545. The Kier molecular flexibility index (Phi) is 36.7. The molecule has 0 bridgehead atoms. The predicted octanol–water partition coefficient (Wildman–Crippen LogP) is 13.9. The number of rotatable bonds is 35. The van der Waals surface area contributed by atoms with E-state index in [4.69, 9.17) is 9.84 Å². The van der Waals surface area contributed by atoms with E-state index in [2.05, 4.69) is 86.8 Å². The lowest BCUT2D eigenvalue weighted by Gasteiger charge is -2.18. The zero-order valence-electron chi connectivity index (χ0n) is 31.3. The molecule has 0 saturated carbocycles. The first-order chi connectivity index (χ1) is 23.6. The average molecular weight is 667 g/mol. The van der Waals surface area contributed by atoms with E-state index >= 15 is 0 Å². The molecule has 0 aromatic carbocycles. The molecule has 1 unspecified atom stereocenters. The largest absolute Gasteiger partial charge is 0.481 e. The van der Waals surface area contributed by atoms with E-state index in [1.54, 1.807) is 0 Å². The van der Waals surface area contributed by atoms with Crippen LogP contribution in [0.2, 0.25) is 0 Å². The van der Waals surface area contributed by atoms with Gasteiger partial charge in [0.15, 0.2) is 0 Å². The molecule has 1 N–H and O–H groups in total. The van der Waals surface area contributed by atoms with Crippen LogP contribution in [0, 0.1) is 0 Å². The monoisotopic (exact) mass is 667 g/mol. The van der Waals surface area contributed by atoms with Crippen LogP contribution in [0.4, 0.5) is 0 Å². The Morgan fingerprint density at radius 1 is 0.479 bits per heavy atom. The summed E-state index contributed by atoms with van der Waals surface area (Å²) >= 11 is 0. The van der Waals surface area contributed by atoms with E-state index < -0.39 is 5.97 Å². The van der Waals surface area contributed by atoms with E-state index in [-0.39, 0.29) is 12.1 Å². The highest BCUT2D eigenvalue weighted by molar-refractivity contribution is 5.69. The number of carbonyl (C=O) groups is 2. The molecule has 4 heteroatoms. The van der Waals surface area contributed by atoms with Crippen LogP contribution in [0.3, 0.4) is 0 Å². The third-order valence-electron chi connectivity index (χ3n) is 8.46. The average Bonchev–Trinajstić information content (AvgIpc) is 3.07. The summed E-state index contributed by atoms with van der Waals surface area (Å²) in [7, 11) is 0. The van der Waals surface area contributed by atoms with E-state index in [0.717, 1.165) is 89.9 Å². The van der Waals surface area contributed by atoms with Crippen LogP contribution in [0.15, 0.2) is 72.9 Å². The summed E-state index contributed by atoms with van der Waals surface area (Å²) in [6, 6.07) is 0. The molecule has 0 aromatic heterocycles. The second-order valence-electron chi connectivity index (χ2n) is 13.1. The minimum atomic E-state index is -0.689. The number of aliphatic carboxylic acids is 1. The molecule has 4 nitrogen and oxygen atoms in total. The van der Waals surface area contributed by atoms with Crippen molar-refractivity contribution in [2.45, 2.75) is 193 Å². The molecule has 0 heterocycles. The number of esters is 1. The minimum Gasteiger partial charge on any atom is -0.481 e. The summed E-state index contributed by atoms with van der Waals surface area (Å²) in [6.45, 7) is 4.42. The van der Waals surface area contributed by atoms with Crippen molar-refractivity contribution in [2.24, 2.45) is 0 Å². The fourth-order valence-electron chi connectivity index (χ4n) is 5.56. The molecule has 0 aliphatic rings. The van der Waals surface area contributed by atoms with Crippen molar-refractivity contribution >= 4 is 11.9 Å². The molecular weight excluding hydrogens is 592 g/mol. The number of allylic oxidation sites excluding steroid dienone is 12. The highest BCUT2D eigenvalue weighted by Gasteiger charge is 2.14. The van der Waals surface area contributed by atoms with Crippen LogP contribution in [0.5, 0.6) is 0 Å². The van der Waals surface area contributed by atoms with Crippen molar-refractivity contribution in [1.29, 1.82) is 0 Å². The molecule has 48 heavy (non-hydrogen) atoms. The summed E-state index contributed by atoms with van der Waals surface area (Å²) in [5.74, 6) is -0.744. The number of unbranched alkanes of at least 4 members (excludes halogenated alkanes) is 14. The lowest BCUT2D eigenvalue weighted by atomic mass is 10.0. The van der Waals surface area contributed by atoms with Gasteiger partial charge in [0.05, 0.1) is 0 Å². The SMILES string of the molecule is CC/C=C\C/C=C\C/C=C\C/C=C\C/C=C\C/C=C\CCC(=O)OC(CCCCCCCCCC)CCCCCCCCCCC(=O)O. The van der Waals surface area contributed by atoms with Crippen molar-refractivity contribution in [3.63, 3.8) is 0 Å². The molecule has 1 atom stereocenters. The van der Waals surface area contributed by atoms with E-state index in [9.17, 15) is 9.59 Å². The summed E-state index contributed by atoms with van der Waals surface area (Å²) in [5, 5.41) is 8.74. The molecule has 274 valence electrons. The molecule has 0 spiro atoms. The first kappa shape index (κ1) is 45.4. The summed E-state index contributed by atoms with van der Waals surface area (Å²) in [6.07, 6.45) is 55.0. The standard InChI is InChI=1S/C44H74O4/c1-3-5-7-9-11-13-14-15-16-17-18-19-20-21-22-23-29-33-37-41-44(47)48-42(38-34-30-26-12-10-8-6-4-2)39-35-31-27-24-25-28-32-36-40-43(45)46/h5,7,11,13,15-16,18-19,21-22,29,33,42H,3-4,6,8-10,12,14,17,20,23-28,30-32,34-41H2,1-2H3,(H,45,46)/b7-5-,13-11-,16-15-,19-18-,22-21-,33-29-. The van der Waals surface area contributed by atoms with E-state index in [0.29, 0.717) is 12.8 Å². The fourth-order valence-corrected chi connectivity index (χ4v) is 5.56. The highest BCUT2D eigenvalue weighted by atomic mass is 16.5. The van der Waals surface area contributed by atoms with Gasteiger partial charge in [-0.15, -0.1) is 0 Å². The maximum absolute atomic E-state index is 12.6. The Morgan fingerprint density at radius 3 is 1.27 bits per heavy atom. The Hall–Kier alpha value is -2.62. The third kappa shape index (κ3) is 37.8. The van der Waals surface area contributed by atoms with Crippen LogP contribution < -0.4 is 0 Å². The van der Waals surface area contributed by atoms with Gasteiger partial charge >= 0.3 is 11.9 Å². The van der Waals surface area contributed by atoms with E-state index in [1.165, 1.54) is 70.6 Å². The zero-order chi connectivity index (χ0) is 35.0. The number of hydrogen-bond donors (Lipinski definition) is 1. The van der Waals surface area contributed by atoms with Gasteiger partial charge in [0.25, 0.3) is 0 Å². The maximum atomic E-state index is 12.6. The molecule has 0 rings (SSSR count). The number of carboxylic acid groups (broad SMARTS) is 1. The first-order valence-electron chi connectivity index (χ1n) is 19.9. The predicted molar refractivity (Wildman–Crippen MR) is 208 cm³/mol. The van der Waals surface area contributed by atoms with Crippen LogP contribution in [0.1, 0.15) is 187 Å². The van der Waals surface area contributed by atoms with Gasteiger partial charge in [0.2, 0.25) is 0 Å². The summed E-state index contributed by atoms with van der Waals surface area (Å²) in [4.78, 5) is 23.3. The molecule has 0 radical (unpaired) electrons. The number of ether oxygens (including phenoxy) is 1. The Balaban J connectivity index is 4.18. The molecule has 0 aromatic rings. The van der Waals surface area contributed by atoms with Crippen molar-refractivity contribution in [3.05, 3.63) is 72.9 Å². The first-order valence-corrected chi connectivity index (χ1v) is 19.9. The number of carboxylic acids is 1. The van der Waals surface area contributed by atoms with Crippen molar-refractivity contribution in [3.8, 4) is 0 Å². The van der Waals surface area contributed by atoms with Gasteiger partial charge in [-0.3, -0.25) is 9.59 Å². The normalized spacial score (nSPS) is 13.0. The number of hydrogen-bond acceptors (Lipinski definition) is 3. The van der Waals surface area contributed by atoms with E-state index in [1.807, 2.05) is 0 Å². The maximum Gasteiger partial charge on any atom is 0.306 e. The Labute approximate surface area is 297 Å². The molecule has 0 aliphatic carbocycles. The molecule has 0 aliphatic heterocycles. The van der Waals surface area contributed by atoms with Gasteiger partial charge in [0, 0.05) is 12.8 Å². The van der Waals surface area contributed by atoms with Crippen molar-refractivity contribution in [2.75, 3.05) is 0 Å². The van der Waals surface area contributed by atoms with Gasteiger partial charge in [0.1, 0.15) is 6.10 Å². The second-order valence-corrected chi connectivity index (χ2v) is 13.1. The molecular formula is C44H74O4. The van der Waals surface area contributed by atoms with Gasteiger partial charge < -0.3 is 9.84 Å².